The lowest BCUT2D eigenvalue weighted by Gasteiger charge is -2.30. The van der Waals surface area contributed by atoms with Gasteiger partial charge >= 0.3 is 0 Å². The van der Waals surface area contributed by atoms with Gasteiger partial charge in [0.05, 0.1) is 5.56 Å². The molecule has 1 heterocycles. The smallest absolute Gasteiger partial charge is 0.255 e. The third kappa shape index (κ3) is 6.31. The minimum absolute atomic E-state index is 0.154. The molecule has 2 N–H and O–H groups in total. The van der Waals surface area contributed by atoms with Crippen molar-refractivity contribution in [2.45, 2.75) is 25.7 Å². The minimum atomic E-state index is -0.342. The van der Waals surface area contributed by atoms with E-state index in [0.717, 1.165) is 38.0 Å². The number of nitrogens with one attached hydrogen (secondary N) is 2. The molecule has 7 heteroatoms. The number of anilines is 2. The fraction of sp³-hybridized carbons (Fsp3) is 0.259. The van der Waals surface area contributed by atoms with Gasteiger partial charge in [-0.3, -0.25) is 9.59 Å². The summed E-state index contributed by atoms with van der Waals surface area (Å²) in [7, 11) is 0. The van der Waals surface area contributed by atoms with Crippen molar-refractivity contribution in [3.05, 3.63) is 93.5 Å². The quantitative estimate of drug-likeness (QED) is 0.409. The average Bonchev–Trinajstić information content (AvgIpc) is 2.84. The van der Waals surface area contributed by atoms with E-state index in [9.17, 15) is 9.59 Å². The zero-order valence-electron chi connectivity index (χ0n) is 18.8. The molecule has 0 bridgehead atoms. The molecule has 4 rings (SSSR count). The van der Waals surface area contributed by atoms with Crippen LogP contribution in [0.3, 0.4) is 0 Å². The summed E-state index contributed by atoms with van der Waals surface area (Å²) in [6.45, 7) is 2.36. The van der Waals surface area contributed by atoms with Crippen molar-refractivity contribution in [3.8, 4) is 0 Å². The highest BCUT2D eigenvalue weighted by Gasteiger charge is 2.20. The van der Waals surface area contributed by atoms with Gasteiger partial charge in [0.15, 0.2) is 0 Å². The van der Waals surface area contributed by atoms with Gasteiger partial charge in [0.2, 0.25) is 0 Å². The maximum absolute atomic E-state index is 13.2. The number of halogens is 2. The first-order chi connectivity index (χ1) is 16.5. The monoisotopic (exact) mass is 495 g/mol. The second-order valence-electron chi connectivity index (χ2n) is 8.38. The van der Waals surface area contributed by atoms with Gasteiger partial charge in [0.25, 0.3) is 11.8 Å². The van der Waals surface area contributed by atoms with E-state index >= 15 is 0 Å². The predicted molar refractivity (Wildman–Crippen MR) is 139 cm³/mol. The van der Waals surface area contributed by atoms with E-state index in [1.54, 1.807) is 24.3 Å². The van der Waals surface area contributed by atoms with Crippen LogP contribution in [0.5, 0.6) is 0 Å². The fourth-order valence-corrected chi connectivity index (χ4v) is 4.68. The number of carbonyl (C=O) groups is 2. The highest BCUT2D eigenvalue weighted by molar-refractivity contribution is 6.35. The van der Waals surface area contributed by atoms with E-state index in [1.165, 1.54) is 12.0 Å². The van der Waals surface area contributed by atoms with Gasteiger partial charge in [-0.1, -0.05) is 53.5 Å². The first-order valence-electron chi connectivity index (χ1n) is 11.5. The van der Waals surface area contributed by atoms with Crippen LogP contribution in [-0.4, -0.2) is 31.4 Å². The molecule has 0 radical (unpaired) electrons. The zero-order valence-corrected chi connectivity index (χ0v) is 20.3. The van der Waals surface area contributed by atoms with Crippen LogP contribution in [0.4, 0.5) is 11.4 Å². The van der Waals surface area contributed by atoms with Gasteiger partial charge in [0.1, 0.15) is 0 Å². The number of amides is 2. The van der Waals surface area contributed by atoms with Crippen LogP contribution in [0.1, 0.15) is 45.5 Å². The van der Waals surface area contributed by atoms with Crippen LogP contribution in [-0.2, 0) is 6.42 Å². The zero-order chi connectivity index (χ0) is 23.9. The molecule has 34 heavy (non-hydrogen) atoms. The Kier molecular flexibility index (Phi) is 8.09. The number of piperidine rings is 1. The predicted octanol–water partition coefficient (Wildman–Crippen LogP) is 6.21. The molecule has 0 atom stereocenters. The van der Waals surface area contributed by atoms with Crippen molar-refractivity contribution in [2.75, 3.05) is 29.9 Å². The van der Waals surface area contributed by atoms with Gasteiger partial charge in [0, 0.05) is 46.6 Å². The van der Waals surface area contributed by atoms with E-state index in [1.807, 2.05) is 42.5 Å². The summed E-state index contributed by atoms with van der Waals surface area (Å²) >= 11 is 12.1. The number of carbonyl (C=O) groups excluding carboxylic acids is 2. The fourth-order valence-electron chi connectivity index (χ4n) is 4.15. The molecule has 1 aliphatic heterocycles. The summed E-state index contributed by atoms with van der Waals surface area (Å²) < 4.78 is 0. The Morgan fingerprint density at radius 2 is 1.53 bits per heavy atom. The Bertz CT molecular complexity index is 1140. The molecule has 5 nitrogen and oxygen atoms in total. The molecule has 0 saturated carbocycles. The molecule has 1 aliphatic rings. The number of hydrogen-bond donors (Lipinski definition) is 2. The summed E-state index contributed by atoms with van der Waals surface area (Å²) in [5.74, 6) is -0.496. The molecule has 3 aromatic rings. The van der Waals surface area contributed by atoms with Crippen LogP contribution >= 0.6 is 23.2 Å². The molecule has 1 saturated heterocycles. The van der Waals surface area contributed by atoms with E-state index in [-0.39, 0.29) is 11.8 Å². The van der Waals surface area contributed by atoms with Gasteiger partial charge in [-0.25, -0.2) is 0 Å². The normalized spacial score (nSPS) is 13.4. The largest absolute Gasteiger partial charge is 0.371 e. The number of hydrogen-bond acceptors (Lipinski definition) is 3. The Morgan fingerprint density at radius 3 is 2.24 bits per heavy atom. The lowest BCUT2D eigenvalue weighted by atomic mass is 10.1. The Balaban J connectivity index is 1.53. The van der Waals surface area contributed by atoms with Crippen molar-refractivity contribution in [2.24, 2.45) is 0 Å². The van der Waals surface area contributed by atoms with Gasteiger partial charge in [-0.2, -0.15) is 0 Å². The molecule has 0 spiro atoms. The molecule has 3 aromatic carbocycles. The van der Waals surface area contributed by atoms with E-state index in [0.29, 0.717) is 33.4 Å². The Morgan fingerprint density at radius 1 is 0.824 bits per heavy atom. The molecular formula is C27H27Cl2N3O2. The molecule has 0 aromatic heterocycles. The molecule has 2 amide bonds. The average molecular weight is 496 g/mol. The highest BCUT2D eigenvalue weighted by atomic mass is 35.5. The van der Waals surface area contributed by atoms with E-state index in [4.69, 9.17) is 23.2 Å². The van der Waals surface area contributed by atoms with Crippen molar-refractivity contribution in [3.63, 3.8) is 0 Å². The molecule has 1 fully saturated rings. The SMILES string of the molecule is O=C(Nc1ccc(N2CCCCC2)c(C(=O)NCCc2ccccc2)c1)c1cc(Cl)cc(Cl)c1. The summed E-state index contributed by atoms with van der Waals surface area (Å²) in [5.41, 5.74) is 3.50. The third-order valence-corrected chi connectivity index (χ3v) is 6.30. The Labute approximate surface area is 210 Å². The topological polar surface area (TPSA) is 61.4 Å². The summed E-state index contributed by atoms with van der Waals surface area (Å²) in [5, 5.41) is 6.68. The minimum Gasteiger partial charge on any atom is -0.371 e. The highest BCUT2D eigenvalue weighted by Crippen LogP contribution is 2.28. The summed E-state index contributed by atoms with van der Waals surface area (Å²) in [6, 6.07) is 20.2. The third-order valence-electron chi connectivity index (χ3n) is 5.86. The second-order valence-corrected chi connectivity index (χ2v) is 9.26. The first kappa shape index (κ1) is 24.1. The Hall–Kier alpha value is -3.02. The van der Waals surface area contributed by atoms with Crippen molar-refractivity contribution in [1.29, 1.82) is 0 Å². The van der Waals surface area contributed by atoms with Gasteiger partial charge in [-0.05, 0) is 67.6 Å². The maximum atomic E-state index is 13.2. The maximum Gasteiger partial charge on any atom is 0.255 e. The van der Waals surface area contributed by atoms with Crippen LogP contribution in [0.15, 0.2) is 66.7 Å². The van der Waals surface area contributed by atoms with Crippen LogP contribution in [0.25, 0.3) is 0 Å². The van der Waals surface area contributed by atoms with Crippen molar-refractivity contribution < 1.29 is 9.59 Å². The van der Waals surface area contributed by atoms with E-state index in [2.05, 4.69) is 15.5 Å². The number of nitrogens with zero attached hydrogens (tertiary/aromatic N) is 1. The lowest BCUT2D eigenvalue weighted by Crippen LogP contribution is -2.33. The molecular weight excluding hydrogens is 469 g/mol. The second kappa shape index (κ2) is 11.4. The molecule has 0 aliphatic carbocycles. The van der Waals surface area contributed by atoms with Gasteiger partial charge in [-0.15, -0.1) is 0 Å². The van der Waals surface area contributed by atoms with Crippen molar-refractivity contribution in [1.82, 2.24) is 5.32 Å². The van der Waals surface area contributed by atoms with Crippen LogP contribution in [0.2, 0.25) is 10.0 Å². The summed E-state index contributed by atoms with van der Waals surface area (Å²) in [4.78, 5) is 28.2. The summed E-state index contributed by atoms with van der Waals surface area (Å²) in [6.07, 6.45) is 4.15. The standard InChI is InChI=1S/C27H27Cl2N3O2/c28-21-15-20(16-22(29)17-21)26(33)31-23-9-10-25(32-13-5-2-6-14-32)24(18-23)27(34)30-12-11-19-7-3-1-4-8-19/h1,3-4,7-10,15-18H,2,5-6,11-14H2,(H,30,34)(H,31,33). The molecule has 176 valence electrons. The number of benzene rings is 3. The molecule has 0 unspecified atom stereocenters. The lowest BCUT2D eigenvalue weighted by molar-refractivity contribution is 0.0953. The van der Waals surface area contributed by atoms with Crippen molar-refractivity contribution >= 4 is 46.4 Å². The van der Waals surface area contributed by atoms with Crippen LogP contribution < -0.4 is 15.5 Å². The first-order valence-corrected chi connectivity index (χ1v) is 12.2. The van der Waals surface area contributed by atoms with Gasteiger partial charge < -0.3 is 15.5 Å². The number of rotatable bonds is 7. The van der Waals surface area contributed by atoms with Crippen LogP contribution in [0, 0.1) is 0 Å². The van der Waals surface area contributed by atoms with E-state index < -0.39 is 0 Å².